The first-order valence-corrected chi connectivity index (χ1v) is 10.2. The molecule has 0 fully saturated rings. The molecule has 3 aromatic rings. The third-order valence-corrected chi connectivity index (χ3v) is 5.39. The van der Waals surface area contributed by atoms with Crippen LogP contribution in [0.2, 0.25) is 0 Å². The molecule has 0 saturated carbocycles. The standard InChI is InChI=1S/C22H20Br2FNO/c1-14-6-7-20(8-15(14)2)26-12-17-10-18(23)11-21(24)22(17)27-13-16-4-3-5-19(25)9-16/h3-11,26H,12-13H2,1-2H3. The fourth-order valence-corrected chi connectivity index (χ4v) is 4.17. The monoisotopic (exact) mass is 491 g/mol. The van der Waals surface area contributed by atoms with E-state index in [1.807, 2.05) is 18.2 Å². The topological polar surface area (TPSA) is 21.3 Å². The van der Waals surface area contributed by atoms with Crippen LogP contribution in [-0.4, -0.2) is 0 Å². The highest BCUT2D eigenvalue weighted by Crippen LogP contribution is 2.34. The lowest BCUT2D eigenvalue weighted by Crippen LogP contribution is -2.05. The molecule has 1 N–H and O–H groups in total. The highest BCUT2D eigenvalue weighted by atomic mass is 79.9. The SMILES string of the molecule is Cc1ccc(NCc2cc(Br)cc(Br)c2OCc2cccc(F)c2)cc1C. The van der Waals surface area contributed by atoms with Gasteiger partial charge in [0.2, 0.25) is 0 Å². The van der Waals surface area contributed by atoms with Gasteiger partial charge >= 0.3 is 0 Å². The molecule has 0 spiro atoms. The Kier molecular flexibility index (Phi) is 6.55. The van der Waals surface area contributed by atoms with Crippen LogP contribution >= 0.6 is 31.9 Å². The van der Waals surface area contributed by atoms with E-state index in [1.165, 1.54) is 23.3 Å². The van der Waals surface area contributed by atoms with E-state index in [1.54, 1.807) is 6.07 Å². The Hall–Kier alpha value is -1.85. The maximum Gasteiger partial charge on any atom is 0.139 e. The van der Waals surface area contributed by atoms with Crippen LogP contribution in [-0.2, 0) is 13.2 Å². The van der Waals surface area contributed by atoms with Crippen molar-refractivity contribution in [2.75, 3.05) is 5.32 Å². The molecule has 0 aliphatic rings. The van der Waals surface area contributed by atoms with Gasteiger partial charge in [-0.05, 0) is 82.9 Å². The zero-order valence-electron chi connectivity index (χ0n) is 15.2. The van der Waals surface area contributed by atoms with Gasteiger partial charge in [0.25, 0.3) is 0 Å². The van der Waals surface area contributed by atoms with Gasteiger partial charge in [0.05, 0.1) is 4.47 Å². The number of nitrogens with one attached hydrogen (secondary N) is 1. The molecule has 2 nitrogen and oxygen atoms in total. The fourth-order valence-electron chi connectivity index (χ4n) is 2.74. The minimum Gasteiger partial charge on any atom is -0.487 e. The van der Waals surface area contributed by atoms with Gasteiger partial charge in [-0.3, -0.25) is 0 Å². The molecule has 3 aromatic carbocycles. The van der Waals surface area contributed by atoms with Crippen LogP contribution in [0.25, 0.3) is 0 Å². The number of halogens is 3. The molecule has 5 heteroatoms. The Labute approximate surface area is 176 Å². The van der Waals surface area contributed by atoms with Crippen LogP contribution in [0.3, 0.4) is 0 Å². The Morgan fingerprint density at radius 3 is 2.52 bits per heavy atom. The third-order valence-electron chi connectivity index (χ3n) is 4.35. The van der Waals surface area contributed by atoms with Gasteiger partial charge in [-0.2, -0.15) is 0 Å². The number of rotatable bonds is 6. The molecule has 3 rings (SSSR count). The van der Waals surface area contributed by atoms with Gasteiger partial charge in [0.15, 0.2) is 0 Å². The summed E-state index contributed by atoms with van der Waals surface area (Å²) in [5.41, 5.74) is 5.37. The second kappa shape index (κ2) is 8.89. The molecule has 0 amide bonds. The van der Waals surface area contributed by atoms with E-state index >= 15 is 0 Å². The molecule has 27 heavy (non-hydrogen) atoms. The van der Waals surface area contributed by atoms with Crippen molar-refractivity contribution in [2.24, 2.45) is 0 Å². The first-order valence-electron chi connectivity index (χ1n) is 8.58. The summed E-state index contributed by atoms with van der Waals surface area (Å²) >= 11 is 7.11. The lowest BCUT2D eigenvalue weighted by molar-refractivity contribution is 0.300. The van der Waals surface area contributed by atoms with Crippen molar-refractivity contribution in [1.29, 1.82) is 0 Å². The first-order chi connectivity index (χ1) is 12.9. The van der Waals surface area contributed by atoms with E-state index < -0.39 is 0 Å². The van der Waals surface area contributed by atoms with Crippen molar-refractivity contribution < 1.29 is 9.13 Å². The number of hydrogen-bond donors (Lipinski definition) is 1. The number of aryl methyl sites for hydroxylation is 2. The van der Waals surface area contributed by atoms with Crippen molar-refractivity contribution in [3.05, 3.63) is 91.6 Å². The average Bonchev–Trinajstić information content (AvgIpc) is 2.62. The van der Waals surface area contributed by atoms with E-state index in [2.05, 4.69) is 69.2 Å². The molecule has 0 unspecified atom stereocenters. The van der Waals surface area contributed by atoms with E-state index in [0.717, 1.165) is 31.5 Å². The fraction of sp³-hybridized carbons (Fsp3) is 0.182. The lowest BCUT2D eigenvalue weighted by Gasteiger charge is -2.16. The molecular formula is C22H20Br2FNO. The van der Waals surface area contributed by atoms with Gasteiger partial charge in [0, 0.05) is 22.3 Å². The quantitative estimate of drug-likeness (QED) is 0.394. The third kappa shape index (κ3) is 5.33. The average molecular weight is 493 g/mol. The minimum atomic E-state index is -0.261. The second-order valence-electron chi connectivity index (χ2n) is 6.45. The van der Waals surface area contributed by atoms with E-state index in [9.17, 15) is 4.39 Å². The summed E-state index contributed by atoms with van der Waals surface area (Å²) in [4.78, 5) is 0. The van der Waals surface area contributed by atoms with E-state index in [4.69, 9.17) is 4.74 Å². The Morgan fingerprint density at radius 2 is 1.78 bits per heavy atom. The highest BCUT2D eigenvalue weighted by Gasteiger charge is 2.11. The molecule has 0 heterocycles. The van der Waals surface area contributed by atoms with E-state index in [-0.39, 0.29) is 5.82 Å². The predicted octanol–water partition coefficient (Wildman–Crippen LogP) is 7.16. The number of benzene rings is 3. The molecule has 0 radical (unpaired) electrons. The van der Waals surface area contributed by atoms with Crippen LogP contribution in [0, 0.1) is 19.7 Å². The molecule has 0 aliphatic heterocycles. The summed E-state index contributed by atoms with van der Waals surface area (Å²) in [6.45, 7) is 5.11. The molecule has 0 bridgehead atoms. The summed E-state index contributed by atoms with van der Waals surface area (Å²) in [6.07, 6.45) is 0. The Bertz CT molecular complexity index is 959. The largest absolute Gasteiger partial charge is 0.487 e. The minimum absolute atomic E-state index is 0.261. The van der Waals surface area contributed by atoms with Crippen molar-refractivity contribution in [2.45, 2.75) is 27.0 Å². The van der Waals surface area contributed by atoms with Crippen LogP contribution in [0.1, 0.15) is 22.3 Å². The van der Waals surface area contributed by atoms with Crippen LogP contribution in [0.5, 0.6) is 5.75 Å². The predicted molar refractivity (Wildman–Crippen MR) is 116 cm³/mol. The number of ether oxygens (including phenoxy) is 1. The molecular weight excluding hydrogens is 473 g/mol. The van der Waals surface area contributed by atoms with Gasteiger partial charge in [-0.25, -0.2) is 4.39 Å². The zero-order valence-corrected chi connectivity index (χ0v) is 18.3. The summed E-state index contributed by atoms with van der Waals surface area (Å²) in [5, 5.41) is 3.45. The van der Waals surface area contributed by atoms with Gasteiger partial charge in [0.1, 0.15) is 18.2 Å². The van der Waals surface area contributed by atoms with Crippen LogP contribution < -0.4 is 10.1 Å². The summed E-state index contributed by atoms with van der Waals surface area (Å²) in [6, 6.07) is 16.7. The Balaban J connectivity index is 1.78. The maximum atomic E-state index is 13.4. The molecule has 140 valence electrons. The lowest BCUT2D eigenvalue weighted by atomic mass is 10.1. The van der Waals surface area contributed by atoms with E-state index in [0.29, 0.717) is 13.2 Å². The van der Waals surface area contributed by atoms with Crippen LogP contribution in [0.4, 0.5) is 10.1 Å². The second-order valence-corrected chi connectivity index (χ2v) is 8.22. The van der Waals surface area contributed by atoms with Crippen molar-refractivity contribution >= 4 is 37.5 Å². The Morgan fingerprint density at radius 1 is 0.963 bits per heavy atom. The molecule has 0 saturated heterocycles. The first kappa shape index (κ1) is 19.9. The molecule has 0 aromatic heterocycles. The van der Waals surface area contributed by atoms with Gasteiger partial charge in [-0.1, -0.05) is 34.1 Å². The number of hydrogen-bond acceptors (Lipinski definition) is 2. The zero-order chi connectivity index (χ0) is 19.4. The van der Waals surface area contributed by atoms with Crippen molar-refractivity contribution in [3.63, 3.8) is 0 Å². The van der Waals surface area contributed by atoms with Gasteiger partial charge < -0.3 is 10.1 Å². The maximum absolute atomic E-state index is 13.4. The molecule has 0 atom stereocenters. The summed E-state index contributed by atoms with van der Waals surface area (Å²) in [7, 11) is 0. The normalized spacial score (nSPS) is 10.7. The summed E-state index contributed by atoms with van der Waals surface area (Å²) < 4.78 is 21.2. The summed E-state index contributed by atoms with van der Waals surface area (Å²) in [5.74, 6) is 0.487. The highest BCUT2D eigenvalue weighted by molar-refractivity contribution is 9.11. The van der Waals surface area contributed by atoms with Crippen LogP contribution in [0.15, 0.2) is 63.5 Å². The van der Waals surface area contributed by atoms with Gasteiger partial charge in [-0.15, -0.1) is 0 Å². The molecule has 0 aliphatic carbocycles. The number of anilines is 1. The van der Waals surface area contributed by atoms with Crippen molar-refractivity contribution in [3.8, 4) is 5.75 Å². The van der Waals surface area contributed by atoms with Crippen molar-refractivity contribution in [1.82, 2.24) is 0 Å². The smallest absolute Gasteiger partial charge is 0.139 e.